The third-order valence-corrected chi connectivity index (χ3v) is 7.99. The topological polar surface area (TPSA) is 48.1 Å². The first kappa shape index (κ1) is 25.7. The lowest BCUT2D eigenvalue weighted by atomic mass is 9.82. The van der Waals surface area contributed by atoms with E-state index in [-0.39, 0.29) is 11.9 Å². The van der Waals surface area contributed by atoms with Gasteiger partial charge in [0.2, 0.25) is 5.91 Å². The number of rotatable bonds is 6. The van der Waals surface area contributed by atoms with Gasteiger partial charge in [-0.1, -0.05) is 6.42 Å². The first-order valence-electron chi connectivity index (χ1n) is 13.2. The number of piperidine rings is 1. The maximum atomic E-state index is 13.5. The van der Waals surface area contributed by atoms with E-state index in [9.17, 15) is 18.0 Å². The summed E-state index contributed by atoms with van der Waals surface area (Å²) in [6.07, 6.45) is -0.482. The summed E-state index contributed by atoms with van der Waals surface area (Å²) < 4.78 is 45.7. The molecule has 1 amide bonds. The highest BCUT2D eigenvalue weighted by atomic mass is 19.4. The molecule has 2 aromatic rings. The van der Waals surface area contributed by atoms with E-state index in [0.717, 1.165) is 42.8 Å². The van der Waals surface area contributed by atoms with Gasteiger partial charge in [0.1, 0.15) is 5.75 Å². The largest absolute Gasteiger partial charge is 0.497 e. The Bertz CT molecular complexity index is 1090. The molecule has 200 valence electrons. The van der Waals surface area contributed by atoms with Gasteiger partial charge in [-0.15, -0.1) is 0 Å². The predicted molar refractivity (Wildman–Crippen MR) is 138 cm³/mol. The Kier molecular flexibility index (Phi) is 7.51. The number of carbonyl (C=O) groups is 1. The highest BCUT2D eigenvalue weighted by Crippen LogP contribution is 2.40. The van der Waals surface area contributed by atoms with Crippen LogP contribution in [-0.4, -0.2) is 69.8 Å². The van der Waals surface area contributed by atoms with E-state index >= 15 is 0 Å². The molecule has 0 saturated carbocycles. The monoisotopic (exact) mass is 516 g/mol. The summed E-state index contributed by atoms with van der Waals surface area (Å²) in [5.74, 6) is 0.269. The van der Waals surface area contributed by atoms with Crippen LogP contribution in [-0.2, 0) is 17.4 Å². The molecule has 9 heteroatoms. The molecule has 0 radical (unpaired) electrons. The summed E-state index contributed by atoms with van der Waals surface area (Å²) in [7, 11) is 1.63. The first-order chi connectivity index (χ1) is 17.8. The third-order valence-electron chi connectivity index (χ3n) is 7.99. The molecule has 5 rings (SSSR count). The Balaban J connectivity index is 1.36. The van der Waals surface area contributed by atoms with Gasteiger partial charge < -0.3 is 24.8 Å². The van der Waals surface area contributed by atoms with Gasteiger partial charge in [0.05, 0.1) is 24.6 Å². The van der Waals surface area contributed by atoms with Crippen LogP contribution in [0.2, 0.25) is 0 Å². The minimum Gasteiger partial charge on any atom is -0.497 e. The normalized spacial score (nSPS) is 22.3. The second-order valence-corrected chi connectivity index (χ2v) is 10.2. The van der Waals surface area contributed by atoms with Crippen LogP contribution in [0, 0.1) is 5.92 Å². The summed E-state index contributed by atoms with van der Waals surface area (Å²) in [6, 6.07) is 11.7. The number of nitrogens with zero attached hydrogens (tertiary/aromatic N) is 3. The van der Waals surface area contributed by atoms with Gasteiger partial charge >= 0.3 is 6.18 Å². The number of alkyl halides is 3. The quantitative estimate of drug-likeness (QED) is 0.624. The van der Waals surface area contributed by atoms with Crippen LogP contribution in [0.4, 0.5) is 24.5 Å². The molecule has 2 atom stereocenters. The number of nitrogens with one attached hydrogen (secondary N) is 1. The Labute approximate surface area is 216 Å². The Morgan fingerprint density at radius 2 is 1.78 bits per heavy atom. The molecule has 0 bridgehead atoms. The molecule has 3 aliphatic rings. The molecule has 0 spiro atoms. The van der Waals surface area contributed by atoms with Crippen molar-refractivity contribution in [1.29, 1.82) is 0 Å². The SMILES string of the molecule is COc1ccc(N2CCN3c4ccc(C(F)(F)F)cc4CC(C(=O)NCCN4CCCCC4)C3C2)cc1. The van der Waals surface area contributed by atoms with E-state index in [4.69, 9.17) is 4.74 Å². The van der Waals surface area contributed by atoms with Crippen molar-refractivity contribution in [3.8, 4) is 5.75 Å². The molecule has 37 heavy (non-hydrogen) atoms. The van der Waals surface area contributed by atoms with Crippen molar-refractivity contribution < 1.29 is 22.7 Å². The molecule has 0 aliphatic carbocycles. The molecule has 2 saturated heterocycles. The highest BCUT2D eigenvalue weighted by molar-refractivity contribution is 5.82. The van der Waals surface area contributed by atoms with Gasteiger partial charge in [-0.25, -0.2) is 0 Å². The lowest BCUT2D eigenvalue weighted by Gasteiger charge is -2.49. The Morgan fingerprint density at radius 3 is 2.49 bits per heavy atom. The minimum absolute atomic E-state index is 0.0772. The summed E-state index contributed by atoms with van der Waals surface area (Å²) in [5.41, 5.74) is 1.79. The van der Waals surface area contributed by atoms with Crippen LogP contribution in [0.5, 0.6) is 5.75 Å². The minimum atomic E-state index is -4.41. The molecule has 3 heterocycles. The molecule has 2 aromatic carbocycles. The number of anilines is 2. The smallest absolute Gasteiger partial charge is 0.416 e. The number of halogens is 3. The van der Waals surface area contributed by atoms with E-state index in [2.05, 4.69) is 20.0 Å². The van der Waals surface area contributed by atoms with E-state index in [0.29, 0.717) is 38.2 Å². The number of methoxy groups -OCH3 is 1. The van der Waals surface area contributed by atoms with E-state index in [1.165, 1.54) is 25.3 Å². The molecule has 3 aliphatic heterocycles. The lowest BCUT2D eigenvalue weighted by molar-refractivity contribution is -0.137. The lowest BCUT2D eigenvalue weighted by Crippen LogP contribution is -2.61. The van der Waals surface area contributed by atoms with Crippen molar-refractivity contribution in [2.24, 2.45) is 5.92 Å². The highest BCUT2D eigenvalue weighted by Gasteiger charge is 2.42. The van der Waals surface area contributed by atoms with Gasteiger partial charge in [-0.3, -0.25) is 4.79 Å². The number of piperazine rings is 1. The van der Waals surface area contributed by atoms with Crippen molar-refractivity contribution >= 4 is 17.3 Å². The second kappa shape index (κ2) is 10.8. The van der Waals surface area contributed by atoms with E-state index < -0.39 is 17.7 Å². The van der Waals surface area contributed by atoms with Crippen LogP contribution >= 0.6 is 0 Å². The molecular weight excluding hydrogens is 481 g/mol. The van der Waals surface area contributed by atoms with Crippen molar-refractivity contribution in [3.63, 3.8) is 0 Å². The van der Waals surface area contributed by atoms with Gasteiger partial charge in [0, 0.05) is 44.1 Å². The number of fused-ring (bicyclic) bond motifs is 3. The molecular formula is C28H35F3N4O2. The standard InChI is InChI=1S/C28H35F3N4O2/c1-37-23-8-6-22(7-9-23)34-15-16-35-25-10-5-21(28(29,30)31)17-20(25)18-24(26(35)19-34)27(36)32-11-14-33-12-3-2-4-13-33/h5-10,17,24,26H,2-4,11-16,18-19H2,1H3,(H,32,36). The molecule has 0 aromatic heterocycles. The number of likely N-dealkylation sites (tertiary alicyclic amines) is 1. The third kappa shape index (κ3) is 5.66. The van der Waals surface area contributed by atoms with Crippen LogP contribution < -0.4 is 19.9 Å². The zero-order valence-electron chi connectivity index (χ0n) is 21.3. The van der Waals surface area contributed by atoms with Gasteiger partial charge in [0.25, 0.3) is 0 Å². The fourth-order valence-electron chi connectivity index (χ4n) is 5.98. The van der Waals surface area contributed by atoms with Gasteiger partial charge in [-0.2, -0.15) is 13.2 Å². The van der Waals surface area contributed by atoms with E-state index in [1.807, 2.05) is 24.3 Å². The molecule has 1 N–H and O–H groups in total. The fourth-order valence-corrected chi connectivity index (χ4v) is 5.98. The van der Waals surface area contributed by atoms with Crippen molar-refractivity contribution in [1.82, 2.24) is 10.2 Å². The summed E-state index contributed by atoms with van der Waals surface area (Å²) in [5, 5.41) is 3.11. The zero-order valence-corrected chi connectivity index (χ0v) is 21.3. The molecule has 2 fully saturated rings. The number of ether oxygens (including phenoxy) is 1. The second-order valence-electron chi connectivity index (χ2n) is 10.2. The maximum Gasteiger partial charge on any atom is 0.416 e. The van der Waals surface area contributed by atoms with Crippen molar-refractivity contribution in [2.75, 3.05) is 62.7 Å². The van der Waals surface area contributed by atoms with Crippen LogP contribution in [0.25, 0.3) is 0 Å². The van der Waals surface area contributed by atoms with Crippen LogP contribution in [0.1, 0.15) is 30.4 Å². The fraction of sp³-hybridized carbons (Fsp3) is 0.536. The van der Waals surface area contributed by atoms with Crippen molar-refractivity contribution in [3.05, 3.63) is 53.6 Å². The Hall–Kier alpha value is -2.94. The Morgan fingerprint density at radius 1 is 1.03 bits per heavy atom. The number of hydrogen-bond acceptors (Lipinski definition) is 5. The number of benzene rings is 2. The predicted octanol–water partition coefficient (Wildman–Crippen LogP) is 4.18. The summed E-state index contributed by atoms with van der Waals surface area (Å²) in [4.78, 5) is 20.3. The summed E-state index contributed by atoms with van der Waals surface area (Å²) >= 11 is 0. The molecule has 2 unspecified atom stereocenters. The number of carbonyl (C=O) groups excluding carboxylic acids is 1. The number of hydrogen-bond donors (Lipinski definition) is 1. The average Bonchev–Trinajstić information content (AvgIpc) is 2.92. The van der Waals surface area contributed by atoms with E-state index in [1.54, 1.807) is 13.2 Å². The number of amides is 1. The summed E-state index contributed by atoms with van der Waals surface area (Å²) in [6.45, 7) is 5.44. The van der Waals surface area contributed by atoms with Crippen molar-refractivity contribution in [2.45, 2.75) is 37.9 Å². The van der Waals surface area contributed by atoms with Gasteiger partial charge in [-0.05, 0) is 80.4 Å². The van der Waals surface area contributed by atoms with Crippen LogP contribution in [0.15, 0.2) is 42.5 Å². The molecule has 6 nitrogen and oxygen atoms in total. The first-order valence-corrected chi connectivity index (χ1v) is 13.2. The van der Waals surface area contributed by atoms with Gasteiger partial charge in [0.15, 0.2) is 0 Å². The zero-order chi connectivity index (χ0) is 26.0. The maximum absolute atomic E-state index is 13.5. The van der Waals surface area contributed by atoms with Crippen LogP contribution in [0.3, 0.4) is 0 Å². The average molecular weight is 517 g/mol.